The molecule has 0 aliphatic heterocycles. The fraction of sp³-hybridized carbons (Fsp3) is 0.250. The Morgan fingerprint density at radius 2 is 1.65 bits per heavy atom. The highest BCUT2D eigenvalue weighted by Gasteiger charge is 1.94. The molecule has 0 atom stereocenters. The average Bonchev–Trinajstić information content (AvgIpc) is 2.62. The van der Waals surface area contributed by atoms with Crippen molar-refractivity contribution in [2.45, 2.75) is 13.0 Å². The summed E-state index contributed by atoms with van der Waals surface area (Å²) in [5.74, 6) is 0. The van der Waals surface area contributed by atoms with Crippen LogP contribution < -0.4 is 0 Å². The van der Waals surface area contributed by atoms with Gasteiger partial charge in [-0.3, -0.25) is 4.98 Å². The summed E-state index contributed by atoms with van der Waals surface area (Å²) in [4.78, 5) is 3.98. The Morgan fingerprint density at radius 1 is 0.826 bits per heavy atom. The molecule has 3 aromatic rings. The predicted molar refractivity (Wildman–Crippen MR) is 94.5 cm³/mol. The standard InChI is InChI=1S/C12H12O.C8H11NO/c1-13-9-10-6-7-11-4-2-3-5-12(11)8-10;1-10-6-4-8-3-2-5-9-7-8/h2-8H,9H2,1H3;2-3,5,7H,4,6H2,1H3. The Morgan fingerprint density at radius 3 is 2.35 bits per heavy atom. The first kappa shape index (κ1) is 17.1. The van der Waals surface area contributed by atoms with Crippen LogP contribution in [-0.4, -0.2) is 25.8 Å². The molecule has 0 fully saturated rings. The Balaban J connectivity index is 0.000000174. The van der Waals surface area contributed by atoms with E-state index in [1.165, 1.54) is 21.9 Å². The van der Waals surface area contributed by atoms with Gasteiger partial charge in [-0.25, -0.2) is 0 Å². The number of pyridine rings is 1. The third-order valence-corrected chi connectivity index (χ3v) is 3.44. The van der Waals surface area contributed by atoms with Gasteiger partial charge >= 0.3 is 0 Å². The SMILES string of the molecule is COCCc1cccnc1.COCc1ccc2ccccc2c1. The number of aromatic nitrogens is 1. The van der Waals surface area contributed by atoms with Gasteiger partial charge in [0.2, 0.25) is 0 Å². The van der Waals surface area contributed by atoms with E-state index in [0.717, 1.165) is 13.0 Å². The van der Waals surface area contributed by atoms with Crippen LogP contribution in [0.5, 0.6) is 0 Å². The summed E-state index contributed by atoms with van der Waals surface area (Å²) in [6.45, 7) is 1.45. The summed E-state index contributed by atoms with van der Waals surface area (Å²) < 4.78 is 9.99. The lowest BCUT2D eigenvalue weighted by Gasteiger charge is -2.01. The highest BCUT2D eigenvalue weighted by atomic mass is 16.5. The molecule has 23 heavy (non-hydrogen) atoms. The van der Waals surface area contributed by atoms with Crippen molar-refractivity contribution in [2.24, 2.45) is 0 Å². The Kier molecular flexibility index (Phi) is 7.24. The summed E-state index contributed by atoms with van der Waals surface area (Å²) in [7, 11) is 3.42. The highest BCUT2D eigenvalue weighted by molar-refractivity contribution is 5.82. The lowest BCUT2D eigenvalue weighted by atomic mass is 10.1. The predicted octanol–water partition coefficient (Wildman–Crippen LogP) is 4.26. The normalized spacial score (nSPS) is 10.2. The van der Waals surface area contributed by atoms with E-state index in [-0.39, 0.29) is 0 Å². The van der Waals surface area contributed by atoms with Gasteiger partial charge in [0.15, 0.2) is 0 Å². The molecule has 3 nitrogen and oxygen atoms in total. The number of fused-ring (bicyclic) bond motifs is 1. The fourth-order valence-corrected chi connectivity index (χ4v) is 2.26. The molecule has 0 N–H and O–H groups in total. The van der Waals surface area contributed by atoms with Gasteiger partial charge in [-0.05, 0) is 40.5 Å². The molecule has 3 heteroatoms. The highest BCUT2D eigenvalue weighted by Crippen LogP contribution is 2.15. The minimum Gasteiger partial charge on any atom is -0.384 e. The summed E-state index contributed by atoms with van der Waals surface area (Å²) in [5.41, 5.74) is 2.45. The monoisotopic (exact) mass is 309 g/mol. The minimum atomic E-state index is 0.685. The number of nitrogens with zero attached hydrogens (tertiary/aromatic N) is 1. The molecular formula is C20H23NO2. The second-order valence-corrected chi connectivity index (χ2v) is 5.22. The molecule has 0 aliphatic carbocycles. The van der Waals surface area contributed by atoms with Gasteiger partial charge in [0.05, 0.1) is 13.2 Å². The summed E-state index contributed by atoms with van der Waals surface area (Å²) in [6, 6.07) is 18.7. The molecule has 1 aromatic heterocycles. The minimum absolute atomic E-state index is 0.685. The molecule has 0 unspecified atom stereocenters. The molecule has 120 valence electrons. The summed E-state index contributed by atoms with van der Waals surface area (Å²) in [5, 5.41) is 2.56. The van der Waals surface area contributed by atoms with E-state index in [2.05, 4.69) is 47.4 Å². The number of methoxy groups -OCH3 is 2. The van der Waals surface area contributed by atoms with Crippen molar-refractivity contribution in [1.29, 1.82) is 0 Å². The summed E-state index contributed by atoms with van der Waals surface area (Å²) >= 11 is 0. The van der Waals surface area contributed by atoms with E-state index in [4.69, 9.17) is 9.47 Å². The maximum Gasteiger partial charge on any atom is 0.0713 e. The largest absolute Gasteiger partial charge is 0.384 e. The van der Waals surface area contributed by atoms with Crippen molar-refractivity contribution < 1.29 is 9.47 Å². The number of benzene rings is 2. The lowest BCUT2D eigenvalue weighted by molar-refractivity contribution is 0.185. The van der Waals surface area contributed by atoms with Gasteiger partial charge in [0, 0.05) is 26.6 Å². The number of hydrogen-bond donors (Lipinski definition) is 0. The van der Waals surface area contributed by atoms with Crippen molar-refractivity contribution in [3.8, 4) is 0 Å². The van der Waals surface area contributed by atoms with E-state index >= 15 is 0 Å². The van der Waals surface area contributed by atoms with Gasteiger partial charge in [-0.1, -0.05) is 42.5 Å². The maximum atomic E-state index is 5.08. The second kappa shape index (κ2) is 9.72. The maximum absolute atomic E-state index is 5.08. The molecule has 0 bridgehead atoms. The first-order chi connectivity index (χ1) is 11.3. The van der Waals surface area contributed by atoms with Gasteiger partial charge in [-0.2, -0.15) is 0 Å². The van der Waals surface area contributed by atoms with Crippen LogP contribution in [0.4, 0.5) is 0 Å². The van der Waals surface area contributed by atoms with Crippen LogP contribution in [0.2, 0.25) is 0 Å². The van der Waals surface area contributed by atoms with Crippen molar-refractivity contribution in [3.05, 3.63) is 78.1 Å². The third-order valence-electron chi connectivity index (χ3n) is 3.44. The second-order valence-electron chi connectivity index (χ2n) is 5.22. The fourth-order valence-electron chi connectivity index (χ4n) is 2.26. The van der Waals surface area contributed by atoms with Crippen molar-refractivity contribution >= 4 is 10.8 Å². The van der Waals surface area contributed by atoms with E-state index in [1.54, 1.807) is 20.4 Å². The number of rotatable bonds is 5. The molecule has 2 aromatic carbocycles. The molecular weight excluding hydrogens is 286 g/mol. The Bertz CT molecular complexity index is 698. The molecule has 0 radical (unpaired) electrons. The zero-order valence-corrected chi connectivity index (χ0v) is 13.7. The average molecular weight is 309 g/mol. The molecule has 0 saturated heterocycles. The van der Waals surface area contributed by atoms with Crippen molar-refractivity contribution in [2.75, 3.05) is 20.8 Å². The smallest absolute Gasteiger partial charge is 0.0713 e. The van der Waals surface area contributed by atoms with E-state index in [9.17, 15) is 0 Å². The first-order valence-corrected chi connectivity index (χ1v) is 7.68. The van der Waals surface area contributed by atoms with Crippen LogP contribution in [0.3, 0.4) is 0 Å². The molecule has 0 spiro atoms. The Labute approximate surface area is 137 Å². The Hall–Kier alpha value is -2.23. The molecule has 0 aliphatic rings. The first-order valence-electron chi connectivity index (χ1n) is 7.68. The van der Waals surface area contributed by atoms with E-state index in [0.29, 0.717) is 6.61 Å². The van der Waals surface area contributed by atoms with Crippen LogP contribution in [0.15, 0.2) is 67.0 Å². The van der Waals surface area contributed by atoms with Crippen molar-refractivity contribution in [3.63, 3.8) is 0 Å². The van der Waals surface area contributed by atoms with Gasteiger partial charge in [0.25, 0.3) is 0 Å². The van der Waals surface area contributed by atoms with Crippen molar-refractivity contribution in [1.82, 2.24) is 4.98 Å². The summed E-state index contributed by atoms with van der Waals surface area (Å²) in [6.07, 6.45) is 4.58. The van der Waals surface area contributed by atoms with Crippen LogP contribution in [0.1, 0.15) is 11.1 Å². The quantitative estimate of drug-likeness (QED) is 0.706. The topological polar surface area (TPSA) is 31.4 Å². The zero-order valence-electron chi connectivity index (χ0n) is 13.7. The van der Waals surface area contributed by atoms with Gasteiger partial charge in [0.1, 0.15) is 0 Å². The number of hydrogen-bond acceptors (Lipinski definition) is 3. The van der Waals surface area contributed by atoms with E-state index in [1.807, 2.05) is 18.3 Å². The third kappa shape index (κ3) is 5.81. The van der Waals surface area contributed by atoms with Gasteiger partial charge in [-0.15, -0.1) is 0 Å². The molecule has 3 rings (SSSR count). The van der Waals surface area contributed by atoms with Crippen LogP contribution in [0.25, 0.3) is 10.8 Å². The molecule has 0 saturated carbocycles. The van der Waals surface area contributed by atoms with Crippen LogP contribution in [-0.2, 0) is 22.5 Å². The lowest BCUT2D eigenvalue weighted by Crippen LogP contribution is -1.93. The molecule has 0 amide bonds. The van der Waals surface area contributed by atoms with Gasteiger partial charge < -0.3 is 9.47 Å². The number of ether oxygens (including phenoxy) is 2. The molecule has 1 heterocycles. The van der Waals surface area contributed by atoms with Crippen LogP contribution in [0, 0.1) is 0 Å². The van der Waals surface area contributed by atoms with E-state index < -0.39 is 0 Å². The zero-order chi connectivity index (χ0) is 16.3. The van der Waals surface area contributed by atoms with Crippen LogP contribution >= 0.6 is 0 Å².